The summed E-state index contributed by atoms with van der Waals surface area (Å²) >= 11 is 0. The summed E-state index contributed by atoms with van der Waals surface area (Å²) < 4.78 is 5.72. The van der Waals surface area contributed by atoms with E-state index in [1.807, 2.05) is 25.1 Å². The molecule has 0 amide bonds. The largest absolute Gasteiger partial charge is 0.493 e. The Morgan fingerprint density at radius 2 is 2.21 bits per heavy atom. The van der Waals surface area contributed by atoms with E-state index in [4.69, 9.17) is 9.84 Å². The first-order valence-electron chi connectivity index (χ1n) is 5.13. The molecule has 2 nitrogen and oxygen atoms in total. The van der Waals surface area contributed by atoms with E-state index in [1.165, 1.54) is 12.8 Å². The van der Waals surface area contributed by atoms with Gasteiger partial charge in [-0.15, -0.1) is 0 Å². The highest BCUT2D eigenvalue weighted by atomic mass is 16.5. The van der Waals surface area contributed by atoms with Gasteiger partial charge in [0.2, 0.25) is 0 Å². The van der Waals surface area contributed by atoms with E-state index >= 15 is 0 Å². The molecule has 1 fully saturated rings. The van der Waals surface area contributed by atoms with Gasteiger partial charge in [0.15, 0.2) is 0 Å². The lowest BCUT2D eigenvalue weighted by atomic mass is 10.1. The Morgan fingerprint density at radius 1 is 1.43 bits per heavy atom. The van der Waals surface area contributed by atoms with Crippen molar-refractivity contribution in [2.45, 2.75) is 26.4 Å². The molecule has 2 heteroatoms. The molecule has 0 aromatic heterocycles. The van der Waals surface area contributed by atoms with Crippen molar-refractivity contribution in [3.8, 4) is 5.75 Å². The summed E-state index contributed by atoms with van der Waals surface area (Å²) in [7, 11) is 0. The van der Waals surface area contributed by atoms with Crippen LogP contribution < -0.4 is 4.74 Å². The Balaban J connectivity index is 2.11. The summed E-state index contributed by atoms with van der Waals surface area (Å²) in [6, 6.07) is 5.88. The standard InChI is InChI=1S/C12H16O2/c1-9-3-2-4-11(7-13)12(9)14-8-10-5-6-10/h2-4,10,13H,5-8H2,1H3. The average Bonchev–Trinajstić information content (AvgIpc) is 2.99. The minimum atomic E-state index is 0.0572. The molecule has 1 aromatic rings. The second-order valence-corrected chi connectivity index (χ2v) is 3.98. The van der Waals surface area contributed by atoms with Gasteiger partial charge in [0.05, 0.1) is 13.2 Å². The number of aliphatic hydroxyl groups excluding tert-OH is 1. The van der Waals surface area contributed by atoms with Crippen LogP contribution >= 0.6 is 0 Å². The number of aliphatic hydroxyl groups is 1. The van der Waals surface area contributed by atoms with Crippen LogP contribution in [0.1, 0.15) is 24.0 Å². The lowest BCUT2D eigenvalue weighted by molar-refractivity contribution is 0.257. The van der Waals surface area contributed by atoms with Crippen LogP contribution in [-0.4, -0.2) is 11.7 Å². The van der Waals surface area contributed by atoms with E-state index in [0.717, 1.165) is 29.4 Å². The third-order valence-corrected chi connectivity index (χ3v) is 2.62. The fourth-order valence-electron chi connectivity index (χ4n) is 1.53. The Morgan fingerprint density at radius 3 is 2.86 bits per heavy atom. The summed E-state index contributed by atoms with van der Waals surface area (Å²) in [6.45, 7) is 2.88. The first kappa shape index (κ1) is 9.53. The van der Waals surface area contributed by atoms with Crippen molar-refractivity contribution in [2.24, 2.45) is 5.92 Å². The molecule has 76 valence electrons. The van der Waals surface area contributed by atoms with Crippen molar-refractivity contribution in [1.82, 2.24) is 0 Å². The van der Waals surface area contributed by atoms with Gasteiger partial charge in [-0.2, -0.15) is 0 Å². The maximum absolute atomic E-state index is 9.14. The van der Waals surface area contributed by atoms with Crippen molar-refractivity contribution in [1.29, 1.82) is 0 Å². The van der Waals surface area contributed by atoms with E-state index in [9.17, 15) is 0 Å². The zero-order valence-corrected chi connectivity index (χ0v) is 8.49. The minimum absolute atomic E-state index is 0.0572. The molecule has 2 rings (SSSR count). The quantitative estimate of drug-likeness (QED) is 0.793. The van der Waals surface area contributed by atoms with E-state index in [0.29, 0.717) is 0 Å². The van der Waals surface area contributed by atoms with Gasteiger partial charge in [0.25, 0.3) is 0 Å². The van der Waals surface area contributed by atoms with Crippen LogP contribution in [0, 0.1) is 12.8 Å². The molecule has 14 heavy (non-hydrogen) atoms. The molecule has 0 heterocycles. The van der Waals surface area contributed by atoms with Crippen LogP contribution in [0.3, 0.4) is 0 Å². The number of para-hydroxylation sites is 1. The highest BCUT2D eigenvalue weighted by Crippen LogP contribution is 2.31. The molecule has 1 aliphatic rings. The third kappa shape index (κ3) is 2.07. The Labute approximate surface area is 84.5 Å². The van der Waals surface area contributed by atoms with Gasteiger partial charge < -0.3 is 9.84 Å². The molecule has 0 unspecified atom stereocenters. The van der Waals surface area contributed by atoms with Crippen LogP contribution in [0.4, 0.5) is 0 Å². The second kappa shape index (κ2) is 4.01. The van der Waals surface area contributed by atoms with Crippen molar-refractivity contribution >= 4 is 0 Å². The minimum Gasteiger partial charge on any atom is -0.493 e. The Kier molecular flexibility index (Phi) is 2.73. The first-order valence-corrected chi connectivity index (χ1v) is 5.13. The normalized spacial score (nSPS) is 15.6. The number of aryl methyl sites for hydroxylation is 1. The van der Waals surface area contributed by atoms with Gasteiger partial charge in [0, 0.05) is 5.56 Å². The molecule has 0 aliphatic heterocycles. The average molecular weight is 192 g/mol. The van der Waals surface area contributed by atoms with Crippen molar-refractivity contribution in [2.75, 3.05) is 6.61 Å². The molecule has 1 N–H and O–H groups in total. The molecule has 1 aliphatic carbocycles. The number of hydrogen-bond donors (Lipinski definition) is 1. The van der Waals surface area contributed by atoms with Gasteiger partial charge in [-0.05, 0) is 31.2 Å². The van der Waals surface area contributed by atoms with Gasteiger partial charge >= 0.3 is 0 Å². The molecule has 1 aromatic carbocycles. The lowest BCUT2D eigenvalue weighted by Gasteiger charge is -2.12. The topological polar surface area (TPSA) is 29.5 Å². The number of benzene rings is 1. The zero-order valence-electron chi connectivity index (χ0n) is 8.49. The van der Waals surface area contributed by atoms with E-state index in [1.54, 1.807) is 0 Å². The van der Waals surface area contributed by atoms with Gasteiger partial charge in [-0.1, -0.05) is 18.2 Å². The molecule has 0 saturated heterocycles. The Hall–Kier alpha value is -1.02. The molecule has 0 radical (unpaired) electrons. The molecule has 1 saturated carbocycles. The summed E-state index contributed by atoms with van der Waals surface area (Å²) in [5.74, 6) is 1.63. The fourth-order valence-corrected chi connectivity index (χ4v) is 1.53. The van der Waals surface area contributed by atoms with E-state index in [2.05, 4.69) is 0 Å². The molecule has 0 bridgehead atoms. The maximum Gasteiger partial charge on any atom is 0.127 e. The zero-order chi connectivity index (χ0) is 9.97. The second-order valence-electron chi connectivity index (χ2n) is 3.98. The number of ether oxygens (including phenoxy) is 1. The summed E-state index contributed by atoms with van der Waals surface area (Å²) in [5.41, 5.74) is 2.00. The van der Waals surface area contributed by atoms with Gasteiger partial charge in [-0.25, -0.2) is 0 Å². The van der Waals surface area contributed by atoms with Crippen molar-refractivity contribution in [3.05, 3.63) is 29.3 Å². The number of hydrogen-bond acceptors (Lipinski definition) is 2. The van der Waals surface area contributed by atoms with Crippen molar-refractivity contribution in [3.63, 3.8) is 0 Å². The molecule has 0 spiro atoms. The van der Waals surface area contributed by atoms with Crippen LogP contribution in [-0.2, 0) is 6.61 Å². The van der Waals surface area contributed by atoms with Crippen molar-refractivity contribution < 1.29 is 9.84 Å². The first-order chi connectivity index (χ1) is 6.81. The highest BCUT2D eigenvalue weighted by molar-refractivity contribution is 5.40. The summed E-state index contributed by atoms with van der Waals surface area (Å²) in [6.07, 6.45) is 2.58. The summed E-state index contributed by atoms with van der Waals surface area (Å²) in [4.78, 5) is 0. The van der Waals surface area contributed by atoms with Crippen LogP contribution in [0.2, 0.25) is 0 Å². The molecular weight excluding hydrogens is 176 g/mol. The van der Waals surface area contributed by atoms with Crippen LogP contribution in [0.5, 0.6) is 5.75 Å². The predicted octanol–water partition coefficient (Wildman–Crippen LogP) is 2.28. The SMILES string of the molecule is Cc1cccc(CO)c1OCC1CC1. The fraction of sp³-hybridized carbons (Fsp3) is 0.500. The molecule has 0 atom stereocenters. The maximum atomic E-state index is 9.14. The van der Waals surface area contributed by atoms with Gasteiger partial charge in [0.1, 0.15) is 5.75 Å². The van der Waals surface area contributed by atoms with Crippen LogP contribution in [0.25, 0.3) is 0 Å². The monoisotopic (exact) mass is 192 g/mol. The Bertz CT molecular complexity index is 316. The van der Waals surface area contributed by atoms with Crippen LogP contribution in [0.15, 0.2) is 18.2 Å². The predicted molar refractivity (Wildman–Crippen MR) is 55.3 cm³/mol. The van der Waals surface area contributed by atoms with E-state index < -0.39 is 0 Å². The third-order valence-electron chi connectivity index (χ3n) is 2.62. The van der Waals surface area contributed by atoms with E-state index in [-0.39, 0.29) is 6.61 Å². The highest BCUT2D eigenvalue weighted by Gasteiger charge is 2.22. The smallest absolute Gasteiger partial charge is 0.127 e. The van der Waals surface area contributed by atoms with Gasteiger partial charge in [-0.3, -0.25) is 0 Å². The lowest BCUT2D eigenvalue weighted by Crippen LogP contribution is -2.03. The number of rotatable bonds is 4. The summed E-state index contributed by atoms with van der Waals surface area (Å²) in [5, 5.41) is 9.14. The molecular formula is C12H16O2.